The molecule has 0 amide bonds. The minimum absolute atomic E-state index is 0.153. The molecule has 1 saturated carbocycles. The van der Waals surface area contributed by atoms with Gasteiger partial charge in [0.25, 0.3) is 0 Å². The first-order valence-electron chi connectivity index (χ1n) is 17.8. The van der Waals surface area contributed by atoms with Gasteiger partial charge in [-0.25, -0.2) is 0 Å². The maximum atomic E-state index is 10.3. The van der Waals surface area contributed by atoms with Crippen molar-refractivity contribution in [2.24, 2.45) is 17.3 Å². The molecule has 0 aliphatic heterocycles. The fourth-order valence-corrected chi connectivity index (χ4v) is 7.31. The number of aryl methyl sites for hydroxylation is 2. The van der Waals surface area contributed by atoms with Crippen molar-refractivity contribution < 1.29 is 15.3 Å². The summed E-state index contributed by atoms with van der Waals surface area (Å²) in [5, 5.41) is 30.7. The van der Waals surface area contributed by atoms with Crippen LogP contribution in [0.2, 0.25) is 0 Å². The number of aromatic hydroxyl groups is 3. The van der Waals surface area contributed by atoms with Crippen molar-refractivity contribution in [3.05, 3.63) is 88.5 Å². The van der Waals surface area contributed by atoms with Gasteiger partial charge in [-0.2, -0.15) is 0 Å². The van der Waals surface area contributed by atoms with Crippen LogP contribution in [0, 0.1) is 17.3 Å². The summed E-state index contributed by atoms with van der Waals surface area (Å²) in [5.41, 5.74) is 6.59. The predicted molar refractivity (Wildman–Crippen MR) is 202 cm³/mol. The van der Waals surface area contributed by atoms with Gasteiger partial charge >= 0.3 is 0 Å². The van der Waals surface area contributed by atoms with E-state index in [0.717, 1.165) is 67.7 Å². The van der Waals surface area contributed by atoms with Gasteiger partial charge in [-0.15, -0.1) is 0 Å². The predicted octanol–water partition coefficient (Wildman–Crippen LogP) is 12.7. The zero-order valence-electron chi connectivity index (χ0n) is 29.9. The number of alkyl halides is 1. The maximum Gasteiger partial charge on any atom is 0.123 e. The topological polar surface area (TPSA) is 60.7 Å². The van der Waals surface area contributed by atoms with Gasteiger partial charge in [0.2, 0.25) is 0 Å². The van der Waals surface area contributed by atoms with Crippen molar-refractivity contribution >= 4 is 15.9 Å². The van der Waals surface area contributed by atoms with Crippen LogP contribution in [0.1, 0.15) is 135 Å². The van der Waals surface area contributed by atoms with E-state index in [4.69, 9.17) is 5.11 Å². The van der Waals surface area contributed by atoms with Crippen molar-refractivity contribution in [1.29, 1.82) is 0 Å². The van der Waals surface area contributed by atoms with Gasteiger partial charge in [-0.3, -0.25) is 0 Å². The summed E-state index contributed by atoms with van der Waals surface area (Å²) >= 11 is 3.42. The van der Waals surface area contributed by atoms with E-state index in [0.29, 0.717) is 16.7 Å². The molecule has 2 aromatic carbocycles. The average Bonchev–Trinajstić information content (AvgIpc) is 3.02. The number of allylic oxidation sites excluding steroid dienone is 6. The first-order valence-corrected chi connectivity index (χ1v) is 18.9. The second kappa shape index (κ2) is 20.7. The third-order valence-corrected chi connectivity index (χ3v) is 10.6. The SMILES string of the molecule is C/C=C\C.CC1=CCC2C[C@H]1C2(C)C.CC1=C[C@@H](c2c(O)cc(CCCCBr)cc2O)CCC1.CCCCCc1cccc(O)c1. The van der Waals surface area contributed by atoms with Crippen LogP contribution in [-0.4, -0.2) is 20.6 Å². The lowest BCUT2D eigenvalue weighted by Gasteiger charge is -2.56. The Bertz CT molecular complexity index is 1240. The number of benzene rings is 2. The molecule has 0 radical (unpaired) electrons. The highest BCUT2D eigenvalue weighted by atomic mass is 79.9. The fourth-order valence-electron chi connectivity index (χ4n) is 6.92. The minimum Gasteiger partial charge on any atom is -0.508 e. The molecule has 1 unspecified atom stereocenters. The van der Waals surface area contributed by atoms with Gasteiger partial charge in [0.05, 0.1) is 0 Å². The quantitative estimate of drug-likeness (QED) is 0.139. The smallest absolute Gasteiger partial charge is 0.123 e. The van der Waals surface area contributed by atoms with Crippen LogP contribution in [-0.2, 0) is 12.8 Å². The van der Waals surface area contributed by atoms with E-state index in [9.17, 15) is 10.2 Å². The van der Waals surface area contributed by atoms with Crippen molar-refractivity contribution in [3.8, 4) is 17.2 Å². The summed E-state index contributed by atoms with van der Waals surface area (Å²) in [7, 11) is 0. The lowest BCUT2D eigenvalue weighted by molar-refractivity contribution is -0.00579. The summed E-state index contributed by atoms with van der Waals surface area (Å²) in [6, 6.07) is 11.2. The number of hydrogen-bond donors (Lipinski definition) is 3. The molecule has 6 rings (SSSR count). The maximum absolute atomic E-state index is 10.3. The summed E-state index contributed by atoms with van der Waals surface area (Å²) in [6.07, 6.45) is 22.6. The van der Waals surface area contributed by atoms with Crippen LogP contribution >= 0.6 is 15.9 Å². The van der Waals surface area contributed by atoms with Crippen LogP contribution in [0.5, 0.6) is 17.2 Å². The third kappa shape index (κ3) is 12.6. The van der Waals surface area contributed by atoms with Crippen molar-refractivity contribution in [2.45, 2.75) is 131 Å². The molecule has 2 bridgehead atoms. The molecule has 256 valence electrons. The third-order valence-electron chi connectivity index (χ3n) is 10.0. The average molecular weight is 696 g/mol. The Morgan fingerprint density at radius 3 is 2.04 bits per heavy atom. The molecular weight excluding hydrogens is 632 g/mol. The fraction of sp³-hybridized carbons (Fsp3) is 0.571. The monoisotopic (exact) mass is 694 g/mol. The van der Waals surface area contributed by atoms with E-state index in [1.807, 2.05) is 50.3 Å². The van der Waals surface area contributed by atoms with Crippen molar-refractivity contribution in [3.63, 3.8) is 0 Å². The Hall–Kier alpha value is -2.46. The van der Waals surface area contributed by atoms with Crippen molar-refractivity contribution in [2.75, 3.05) is 5.33 Å². The molecule has 0 aromatic heterocycles. The van der Waals surface area contributed by atoms with E-state index in [-0.39, 0.29) is 17.4 Å². The molecule has 0 heterocycles. The van der Waals surface area contributed by atoms with Gasteiger partial charge in [0.15, 0.2) is 0 Å². The molecule has 3 atom stereocenters. The summed E-state index contributed by atoms with van der Waals surface area (Å²) in [4.78, 5) is 0. The number of phenolic OH excluding ortho intramolecular Hbond substituents is 3. The Morgan fingerprint density at radius 1 is 0.891 bits per heavy atom. The standard InChI is InChI=1S/C17H23BrO2.C11H16O.C10H16.C4H8/c1-12-5-4-7-14(9-12)17-15(19)10-13(11-16(17)20)6-2-3-8-18;1-2-3-4-6-10-7-5-8-11(12)9-10;1-7-4-5-8-6-9(7)10(8,2)3;1-3-4-2/h9-11,14,19-20H,2-8H2,1H3;5,7-9,12H,2-4,6H2,1H3;4,8-9H,5-6H2,1-3H3;3-4H,1-2H3/b;;;4-3-/t14-;;8?,9-;/m0.1./s1. The van der Waals surface area contributed by atoms with Crippen LogP contribution in [0.15, 0.2) is 71.8 Å². The number of hydrogen-bond acceptors (Lipinski definition) is 3. The molecular formula is C42H63BrO3. The lowest BCUT2D eigenvalue weighted by atomic mass is 9.49. The molecule has 3 nitrogen and oxygen atoms in total. The van der Waals surface area contributed by atoms with Crippen LogP contribution in [0.3, 0.4) is 0 Å². The lowest BCUT2D eigenvalue weighted by Crippen LogP contribution is -2.47. The van der Waals surface area contributed by atoms with Gasteiger partial charge < -0.3 is 15.3 Å². The van der Waals surface area contributed by atoms with E-state index < -0.39 is 0 Å². The molecule has 3 N–H and O–H groups in total. The van der Waals surface area contributed by atoms with E-state index in [1.54, 1.807) is 11.6 Å². The van der Waals surface area contributed by atoms with Crippen LogP contribution < -0.4 is 0 Å². The Labute approximate surface area is 290 Å². The molecule has 4 aliphatic carbocycles. The Balaban J connectivity index is 0.000000241. The molecule has 0 spiro atoms. The first-order chi connectivity index (χ1) is 22.0. The number of phenols is 3. The Kier molecular flexibility index (Phi) is 17.9. The highest BCUT2D eigenvalue weighted by Crippen LogP contribution is 2.58. The Morgan fingerprint density at radius 2 is 1.54 bits per heavy atom. The summed E-state index contributed by atoms with van der Waals surface area (Å²) in [5.74, 6) is 2.95. The molecule has 4 aliphatic rings. The first kappa shape index (κ1) is 39.7. The normalized spacial score (nSPS) is 20.8. The van der Waals surface area contributed by atoms with Crippen molar-refractivity contribution in [1.82, 2.24) is 0 Å². The van der Waals surface area contributed by atoms with Gasteiger partial charge in [0, 0.05) is 16.8 Å². The second-order valence-corrected chi connectivity index (χ2v) is 14.8. The number of halogens is 1. The van der Waals surface area contributed by atoms with Crippen LogP contribution in [0.25, 0.3) is 0 Å². The minimum atomic E-state index is 0.153. The molecule has 0 saturated heterocycles. The van der Waals surface area contributed by atoms with Gasteiger partial charge in [0.1, 0.15) is 17.2 Å². The zero-order valence-corrected chi connectivity index (χ0v) is 31.5. The summed E-state index contributed by atoms with van der Waals surface area (Å²) < 4.78 is 0. The van der Waals surface area contributed by atoms with E-state index in [1.165, 1.54) is 43.2 Å². The van der Waals surface area contributed by atoms with Gasteiger partial charge in [-0.05, 0) is 145 Å². The van der Waals surface area contributed by atoms with Crippen LogP contribution in [0.4, 0.5) is 0 Å². The second-order valence-electron chi connectivity index (χ2n) is 14.0. The molecule has 2 aromatic rings. The largest absolute Gasteiger partial charge is 0.508 e. The summed E-state index contributed by atoms with van der Waals surface area (Å²) in [6.45, 7) is 15.4. The van der Waals surface area contributed by atoms with Gasteiger partial charge in [-0.1, -0.05) is 97.1 Å². The van der Waals surface area contributed by atoms with E-state index >= 15 is 0 Å². The number of rotatable bonds is 9. The molecule has 4 heteroatoms. The highest BCUT2D eigenvalue weighted by molar-refractivity contribution is 9.09. The number of unbranched alkanes of at least 4 members (excludes halogenated alkanes) is 3. The molecule has 1 fully saturated rings. The number of fused-ring (bicyclic) bond motifs is 1. The highest BCUT2D eigenvalue weighted by Gasteiger charge is 2.49. The zero-order chi connectivity index (χ0) is 34.1. The molecule has 46 heavy (non-hydrogen) atoms. The van der Waals surface area contributed by atoms with E-state index in [2.05, 4.69) is 68.8 Å².